The Morgan fingerprint density at radius 3 is 2.30 bits per heavy atom. The third-order valence-electron chi connectivity index (χ3n) is 5.53. The van der Waals surface area contributed by atoms with Gasteiger partial charge in [-0.2, -0.15) is 0 Å². The van der Waals surface area contributed by atoms with Crippen molar-refractivity contribution in [2.75, 3.05) is 60.6 Å². The Morgan fingerprint density at radius 1 is 0.926 bits per heavy atom. The zero-order valence-corrected chi connectivity index (χ0v) is 16.2. The molecule has 7 heteroatoms. The van der Waals surface area contributed by atoms with Crippen LogP contribution in [0.3, 0.4) is 0 Å². The maximum absolute atomic E-state index is 9.47. The van der Waals surface area contributed by atoms with Crippen molar-refractivity contribution < 1.29 is 5.11 Å². The Kier molecular flexibility index (Phi) is 5.64. The van der Waals surface area contributed by atoms with Gasteiger partial charge in [0.1, 0.15) is 18.0 Å². The minimum atomic E-state index is 0.251. The summed E-state index contributed by atoms with van der Waals surface area (Å²) in [6.45, 7) is 5.89. The Morgan fingerprint density at radius 2 is 1.59 bits per heavy atom. The SMILES string of the molecule is OCC1CCCN(c2cc(N3CCN(c4ccc(Cl)cc4)CC3)ncn2)C1. The molecule has 1 unspecified atom stereocenters. The molecule has 0 radical (unpaired) electrons. The van der Waals surface area contributed by atoms with E-state index in [1.54, 1.807) is 6.33 Å². The van der Waals surface area contributed by atoms with E-state index in [4.69, 9.17) is 11.6 Å². The molecule has 0 spiro atoms. The van der Waals surface area contributed by atoms with Gasteiger partial charge in [0.15, 0.2) is 0 Å². The summed E-state index contributed by atoms with van der Waals surface area (Å²) in [5, 5.41) is 10.2. The number of rotatable bonds is 4. The van der Waals surface area contributed by atoms with Crippen molar-refractivity contribution >= 4 is 28.9 Å². The van der Waals surface area contributed by atoms with Gasteiger partial charge in [-0.25, -0.2) is 9.97 Å². The zero-order chi connectivity index (χ0) is 18.6. The highest BCUT2D eigenvalue weighted by Crippen LogP contribution is 2.25. The molecule has 27 heavy (non-hydrogen) atoms. The molecule has 0 saturated carbocycles. The molecule has 2 aliphatic rings. The molecule has 4 rings (SSSR count). The van der Waals surface area contributed by atoms with Crippen molar-refractivity contribution in [2.24, 2.45) is 5.92 Å². The molecule has 2 aliphatic heterocycles. The second-order valence-corrected chi connectivity index (χ2v) is 7.76. The van der Waals surface area contributed by atoms with E-state index >= 15 is 0 Å². The summed E-state index contributed by atoms with van der Waals surface area (Å²) in [6.07, 6.45) is 3.86. The standard InChI is InChI=1S/C20H26ClN5O/c21-17-3-5-18(6-4-17)24-8-10-25(11-9-24)19-12-20(23-15-22-19)26-7-1-2-16(13-26)14-27/h3-6,12,15-16,27H,1-2,7-11,13-14H2. The molecule has 6 nitrogen and oxygen atoms in total. The molecule has 2 aromatic rings. The van der Waals surface area contributed by atoms with Crippen LogP contribution in [0.4, 0.5) is 17.3 Å². The number of aliphatic hydroxyl groups excluding tert-OH is 1. The first-order valence-electron chi connectivity index (χ1n) is 9.66. The van der Waals surface area contributed by atoms with Gasteiger partial charge in [0.05, 0.1) is 0 Å². The van der Waals surface area contributed by atoms with Gasteiger partial charge in [0.25, 0.3) is 0 Å². The highest BCUT2D eigenvalue weighted by molar-refractivity contribution is 6.30. The summed E-state index contributed by atoms with van der Waals surface area (Å²) in [5.74, 6) is 2.31. The summed E-state index contributed by atoms with van der Waals surface area (Å²) in [6, 6.07) is 10.1. The fraction of sp³-hybridized carbons (Fsp3) is 0.500. The van der Waals surface area contributed by atoms with Gasteiger partial charge in [0.2, 0.25) is 0 Å². The molecule has 1 N–H and O–H groups in total. The van der Waals surface area contributed by atoms with Gasteiger partial charge in [-0.1, -0.05) is 11.6 Å². The third-order valence-corrected chi connectivity index (χ3v) is 5.79. The molecule has 0 bridgehead atoms. The van der Waals surface area contributed by atoms with E-state index in [0.717, 1.165) is 68.8 Å². The molecule has 144 valence electrons. The minimum absolute atomic E-state index is 0.251. The zero-order valence-electron chi connectivity index (χ0n) is 15.5. The molecule has 2 fully saturated rings. The molecule has 0 amide bonds. The third kappa shape index (κ3) is 4.28. The van der Waals surface area contributed by atoms with Gasteiger partial charge < -0.3 is 19.8 Å². The number of benzene rings is 1. The first-order chi connectivity index (χ1) is 13.2. The van der Waals surface area contributed by atoms with Crippen molar-refractivity contribution in [3.63, 3.8) is 0 Å². The van der Waals surface area contributed by atoms with Crippen LogP contribution >= 0.6 is 11.6 Å². The summed E-state index contributed by atoms with van der Waals surface area (Å²) in [7, 11) is 0. The van der Waals surface area contributed by atoms with Crippen molar-refractivity contribution in [3.8, 4) is 0 Å². The number of piperazine rings is 1. The first-order valence-corrected chi connectivity index (χ1v) is 10.0. The second-order valence-electron chi connectivity index (χ2n) is 7.32. The van der Waals surface area contributed by atoms with E-state index in [1.807, 2.05) is 12.1 Å². The number of aromatic nitrogens is 2. The van der Waals surface area contributed by atoms with E-state index < -0.39 is 0 Å². The summed E-state index contributed by atoms with van der Waals surface area (Å²) in [5.41, 5.74) is 1.21. The van der Waals surface area contributed by atoms with Crippen molar-refractivity contribution in [1.29, 1.82) is 0 Å². The van der Waals surface area contributed by atoms with Crippen LogP contribution < -0.4 is 14.7 Å². The quantitative estimate of drug-likeness (QED) is 0.870. The summed E-state index contributed by atoms with van der Waals surface area (Å²) < 4.78 is 0. The normalized spacial score (nSPS) is 20.8. The van der Waals surface area contributed by atoms with Gasteiger partial charge in [-0.15, -0.1) is 0 Å². The van der Waals surface area contributed by atoms with E-state index in [-0.39, 0.29) is 6.61 Å². The average molecular weight is 388 g/mol. The van der Waals surface area contributed by atoms with Crippen molar-refractivity contribution in [2.45, 2.75) is 12.8 Å². The second kappa shape index (κ2) is 8.31. The summed E-state index contributed by atoms with van der Waals surface area (Å²) in [4.78, 5) is 16.0. The number of halogens is 1. The number of piperidine rings is 1. The van der Waals surface area contributed by atoms with Gasteiger partial charge in [0, 0.05) is 62.7 Å². The Bertz CT molecular complexity index is 748. The fourth-order valence-corrected chi connectivity index (χ4v) is 4.08. The molecular formula is C20H26ClN5O. The number of anilines is 3. The van der Waals surface area contributed by atoms with E-state index in [1.165, 1.54) is 5.69 Å². The number of nitrogens with zero attached hydrogens (tertiary/aromatic N) is 5. The lowest BCUT2D eigenvalue weighted by atomic mass is 9.99. The minimum Gasteiger partial charge on any atom is -0.396 e. The van der Waals surface area contributed by atoms with Crippen molar-refractivity contribution in [3.05, 3.63) is 41.7 Å². The van der Waals surface area contributed by atoms with Gasteiger partial charge in [-0.3, -0.25) is 0 Å². The maximum Gasteiger partial charge on any atom is 0.134 e. The van der Waals surface area contributed by atoms with Crippen LogP contribution in [0.15, 0.2) is 36.7 Å². The first kappa shape index (κ1) is 18.3. The molecule has 1 aromatic heterocycles. The largest absolute Gasteiger partial charge is 0.396 e. The van der Waals surface area contributed by atoms with Crippen LogP contribution in [0, 0.1) is 5.92 Å². The van der Waals surface area contributed by atoms with E-state index in [2.05, 4.69) is 42.9 Å². The summed E-state index contributed by atoms with van der Waals surface area (Å²) >= 11 is 5.99. The van der Waals surface area contributed by atoms with Crippen LogP contribution in [-0.2, 0) is 0 Å². The predicted octanol–water partition coefficient (Wildman–Crippen LogP) is 2.67. The molecular weight excluding hydrogens is 362 g/mol. The molecule has 1 atom stereocenters. The van der Waals surface area contributed by atoms with Crippen LogP contribution in [0.25, 0.3) is 0 Å². The highest BCUT2D eigenvalue weighted by Gasteiger charge is 2.23. The molecule has 3 heterocycles. The molecule has 1 aromatic carbocycles. The predicted molar refractivity (Wildman–Crippen MR) is 110 cm³/mol. The highest BCUT2D eigenvalue weighted by atomic mass is 35.5. The topological polar surface area (TPSA) is 55.7 Å². The molecule has 0 aliphatic carbocycles. The van der Waals surface area contributed by atoms with Crippen molar-refractivity contribution in [1.82, 2.24) is 9.97 Å². The average Bonchev–Trinajstić information content (AvgIpc) is 2.74. The van der Waals surface area contributed by atoms with E-state index in [0.29, 0.717) is 5.92 Å². The van der Waals surface area contributed by atoms with Crippen LogP contribution in [-0.4, -0.2) is 60.9 Å². The Hall–Kier alpha value is -2.05. The van der Waals surface area contributed by atoms with Crippen LogP contribution in [0.5, 0.6) is 0 Å². The van der Waals surface area contributed by atoms with Crippen LogP contribution in [0.2, 0.25) is 5.02 Å². The maximum atomic E-state index is 9.47. The van der Waals surface area contributed by atoms with Gasteiger partial charge >= 0.3 is 0 Å². The Balaban J connectivity index is 1.40. The smallest absolute Gasteiger partial charge is 0.134 e. The molecule has 2 saturated heterocycles. The number of aliphatic hydroxyl groups is 1. The number of hydrogen-bond acceptors (Lipinski definition) is 6. The fourth-order valence-electron chi connectivity index (χ4n) is 3.95. The lowest BCUT2D eigenvalue weighted by Gasteiger charge is -2.37. The van der Waals surface area contributed by atoms with Crippen LogP contribution in [0.1, 0.15) is 12.8 Å². The lowest BCUT2D eigenvalue weighted by Crippen LogP contribution is -2.47. The number of hydrogen-bond donors (Lipinski definition) is 1. The monoisotopic (exact) mass is 387 g/mol. The van der Waals surface area contributed by atoms with E-state index in [9.17, 15) is 5.11 Å². The van der Waals surface area contributed by atoms with Gasteiger partial charge in [-0.05, 0) is 43.0 Å². The lowest BCUT2D eigenvalue weighted by molar-refractivity contribution is 0.208. The Labute approximate surface area is 165 Å².